The molecule has 0 bridgehead atoms. The highest BCUT2D eigenvalue weighted by molar-refractivity contribution is 7.90. The highest BCUT2D eigenvalue weighted by Gasteiger charge is 2.27. The van der Waals surface area contributed by atoms with Crippen molar-refractivity contribution >= 4 is 33.2 Å². The number of hydrogen-bond donors (Lipinski definition) is 1. The zero-order valence-corrected chi connectivity index (χ0v) is 19.9. The van der Waals surface area contributed by atoms with E-state index >= 15 is 0 Å². The molecule has 1 aliphatic heterocycles. The first-order chi connectivity index (χ1) is 15.4. The molecule has 1 N–H and O–H groups in total. The number of ketones is 3. The van der Waals surface area contributed by atoms with Crippen molar-refractivity contribution in [1.29, 1.82) is 0 Å². The molecule has 2 atom stereocenters. The number of ether oxygens (including phenoxy) is 2. The Labute approximate surface area is 193 Å². The van der Waals surface area contributed by atoms with Gasteiger partial charge < -0.3 is 14.6 Å². The van der Waals surface area contributed by atoms with Crippen LogP contribution >= 0.6 is 0 Å². The molecule has 0 aromatic heterocycles. The Balaban J connectivity index is 2.30. The number of fused-ring (bicyclic) bond motifs is 1. The predicted molar refractivity (Wildman–Crippen MR) is 119 cm³/mol. The number of benzene rings is 1. The van der Waals surface area contributed by atoms with Gasteiger partial charge in [-0.2, -0.15) is 0 Å². The first-order valence-corrected chi connectivity index (χ1v) is 12.9. The average molecular weight is 483 g/mol. The van der Waals surface area contributed by atoms with Crippen LogP contribution in [0.3, 0.4) is 0 Å². The van der Waals surface area contributed by atoms with Crippen LogP contribution in [0.5, 0.6) is 11.5 Å². The quantitative estimate of drug-likeness (QED) is 0.380. The van der Waals surface area contributed by atoms with Crippen LogP contribution in [0.1, 0.15) is 61.9 Å². The molecule has 9 nitrogen and oxygen atoms in total. The van der Waals surface area contributed by atoms with E-state index in [1.165, 1.54) is 12.1 Å². The van der Waals surface area contributed by atoms with Crippen LogP contribution in [0.25, 0.3) is 0 Å². The van der Waals surface area contributed by atoms with Gasteiger partial charge >= 0.3 is 5.97 Å². The summed E-state index contributed by atoms with van der Waals surface area (Å²) in [7, 11) is -3.13. The zero-order valence-electron chi connectivity index (χ0n) is 19.1. The molecule has 2 rings (SSSR count). The van der Waals surface area contributed by atoms with Crippen molar-refractivity contribution in [3.05, 3.63) is 23.3 Å². The van der Waals surface area contributed by atoms with E-state index in [2.05, 4.69) is 0 Å². The number of phenolic OH excluding ortho intramolecular Hbond substituents is 1. The lowest BCUT2D eigenvalue weighted by Gasteiger charge is -2.22. The second kappa shape index (κ2) is 11.4. The van der Waals surface area contributed by atoms with Crippen molar-refractivity contribution in [3.8, 4) is 11.5 Å². The van der Waals surface area contributed by atoms with E-state index in [4.69, 9.17) is 9.47 Å². The van der Waals surface area contributed by atoms with E-state index in [0.29, 0.717) is 5.56 Å². The van der Waals surface area contributed by atoms with Crippen LogP contribution < -0.4 is 4.74 Å². The van der Waals surface area contributed by atoms with Crippen molar-refractivity contribution < 1.29 is 42.2 Å². The van der Waals surface area contributed by atoms with Crippen LogP contribution in [-0.4, -0.2) is 61.6 Å². The van der Waals surface area contributed by atoms with Gasteiger partial charge in [-0.25, -0.2) is 13.2 Å². The molecule has 0 saturated heterocycles. The maximum absolute atomic E-state index is 12.8. The fourth-order valence-electron chi connectivity index (χ4n) is 3.44. The Morgan fingerprint density at radius 2 is 1.73 bits per heavy atom. The Morgan fingerprint density at radius 1 is 1.06 bits per heavy atom. The van der Waals surface area contributed by atoms with Gasteiger partial charge in [0.15, 0.2) is 0 Å². The molecule has 182 valence electrons. The third-order valence-corrected chi connectivity index (χ3v) is 6.61. The summed E-state index contributed by atoms with van der Waals surface area (Å²) >= 11 is 0. The highest BCUT2D eigenvalue weighted by atomic mass is 32.2. The molecule has 0 radical (unpaired) electrons. The van der Waals surface area contributed by atoms with Crippen molar-refractivity contribution in [1.82, 2.24) is 0 Å². The van der Waals surface area contributed by atoms with Crippen LogP contribution in [0.15, 0.2) is 12.1 Å². The summed E-state index contributed by atoms with van der Waals surface area (Å²) in [5, 5.41) is 10.5. The molecule has 1 aromatic rings. The predicted octanol–water partition coefficient (Wildman–Crippen LogP) is 2.21. The normalized spacial score (nSPS) is 21.2. The Bertz CT molecular complexity index is 1030. The van der Waals surface area contributed by atoms with Gasteiger partial charge in [0.05, 0.1) is 12.4 Å². The highest BCUT2D eigenvalue weighted by Crippen LogP contribution is 2.31. The molecule has 0 amide bonds. The van der Waals surface area contributed by atoms with Gasteiger partial charge in [-0.15, -0.1) is 0 Å². The minimum absolute atomic E-state index is 0.0514. The summed E-state index contributed by atoms with van der Waals surface area (Å²) in [4.78, 5) is 49.0. The van der Waals surface area contributed by atoms with Crippen molar-refractivity contribution in [2.75, 3.05) is 18.6 Å². The molecule has 0 aliphatic carbocycles. The molecule has 0 spiro atoms. The number of sulfone groups is 1. The maximum atomic E-state index is 12.8. The SMILES string of the molecule is C[C@@H]1CCC(=O)C(=O)C(=O)CCCc2cc(OCCCS(C)(=O)=O)cc(O)c2C(=O)O[C@H]1C. The first kappa shape index (κ1) is 26.5. The summed E-state index contributed by atoms with van der Waals surface area (Å²) in [6, 6.07) is 2.78. The van der Waals surface area contributed by atoms with Crippen molar-refractivity contribution in [2.45, 2.75) is 58.5 Å². The lowest BCUT2D eigenvalue weighted by Crippen LogP contribution is -2.27. The second-order valence-electron chi connectivity index (χ2n) is 8.46. The van der Waals surface area contributed by atoms with Gasteiger partial charge in [-0.1, -0.05) is 6.92 Å². The van der Waals surface area contributed by atoms with Gasteiger partial charge in [-0.05, 0) is 50.2 Å². The minimum atomic E-state index is -3.13. The number of esters is 1. The van der Waals surface area contributed by atoms with E-state index in [0.717, 1.165) is 6.26 Å². The average Bonchev–Trinajstić information content (AvgIpc) is 2.72. The molecule has 0 unspecified atom stereocenters. The minimum Gasteiger partial charge on any atom is -0.507 e. The number of cyclic esters (lactones) is 1. The fourth-order valence-corrected chi connectivity index (χ4v) is 4.09. The van der Waals surface area contributed by atoms with Crippen molar-refractivity contribution in [3.63, 3.8) is 0 Å². The van der Waals surface area contributed by atoms with E-state index in [9.17, 15) is 32.7 Å². The van der Waals surface area contributed by atoms with E-state index in [1.807, 2.05) is 0 Å². The fraction of sp³-hybridized carbons (Fsp3) is 0.565. The Hall–Kier alpha value is -2.75. The lowest BCUT2D eigenvalue weighted by atomic mass is 9.94. The summed E-state index contributed by atoms with van der Waals surface area (Å²) in [6.45, 7) is 3.50. The molecular formula is C23H30O9S. The Kier molecular flexibility index (Phi) is 9.16. The van der Waals surface area contributed by atoms with Gasteiger partial charge in [-0.3, -0.25) is 14.4 Å². The molecule has 33 heavy (non-hydrogen) atoms. The van der Waals surface area contributed by atoms with Gasteiger partial charge in [0.2, 0.25) is 11.6 Å². The van der Waals surface area contributed by atoms with Gasteiger partial charge in [0, 0.05) is 25.2 Å². The smallest absolute Gasteiger partial charge is 0.342 e. The van der Waals surface area contributed by atoms with E-state index in [-0.39, 0.29) is 73.9 Å². The number of hydrogen-bond acceptors (Lipinski definition) is 9. The number of rotatable bonds is 5. The van der Waals surface area contributed by atoms with Gasteiger partial charge in [0.1, 0.15) is 33.0 Å². The number of phenols is 1. The molecule has 1 aromatic carbocycles. The molecule has 10 heteroatoms. The molecule has 1 heterocycles. The number of aromatic hydroxyl groups is 1. The monoisotopic (exact) mass is 482 g/mol. The zero-order chi connectivity index (χ0) is 24.8. The van der Waals surface area contributed by atoms with Gasteiger partial charge in [0.25, 0.3) is 5.78 Å². The number of carbonyl (C=O) groups is 4. The standard InChI is InChI=1S/C23H30O9S/c1-14-8-9-19(25)22(27)18(24)7-4-6-16-12-17(31-10-5-11-33(3,29)30)13-20(26)21(16)23(28)32-15(14)2/h12-15,26H,4-11H2,1-3H3/t14-,15+/m1/s1. The van der Waals surface area contributed by atoms with Crippen LogP contribution in [-0.2, 0) is 35.4 Å². The number of aryl methyl sites for hydroxylation is 1. The number of carbonyl (C=O) groups excluding carboxylic acids is 4. The first-order valence-electron chi connectivity index (χ1n) is 10.9. The van der Waals surface area contributed by atoms with E-state index < -0.39 is 39.3 Å². The van der Waals surface area contributed by atoms with Crippen LogP contribution in [0, 0.1) is 5.92 Å². The third kappa shape index (κ3) is 7.96. The molecule has 0 fully saturated rings. The second-order valence-corrected chi connectivity index (χ2v) is 10.7. The maximum Gasteiger partial charge on any atom is 0.342 e. The molecule has 0 saturated carbocycles. The van der Waals surface area contributed by atoms with Crippen LogP contribution in [0.4, 0.5) is 0 Å². The number of Topliss-reactive ketones (excluding diaryl/α,β-unsaturated/α-hetero) is 3. The topological polar surface area (TPSA) is 141 Å². The molecular weight excluding hydrogens is 452 g/mol. The summed E-state index contributed by atoms with van der Waals surface area (Å²) in [6.07, 6.45) is 1.08. The summed E-state index contributed by atoms with van der Waals surface area (Å²) < 4.78 is 33.6. The van der Waals surface area contributed by atoms with Crippen molar-refractivity contribution in [2.24, 2.45) is 5.92 Å². The third-order valence-electron chi connectivity index (χ3n) is 5.58. The molecule has 1 aliphatic rings. The lowest BCUT2D eigenvalue weighted by molar-refractivity contribution is -0.144. The summed E-state index contributed by atoms with van der Waals surface area (Å²) in [5.41, 5.74) is 0.311. The largest absolute Gasteiger partial charge is 0.507 e. The van der Waals surface area contributed by atoms with E-state index in [1.54, 1.807) is 13.8 Å². The summed E-state index contributed by atoms with van der Waals surface area (Å²) in [5.74, 6) is -3.73. The Morgan fingerprint density at radius 3 is 2.39 bits per heavy atom. The van der Waals surface area contributed by atoms with Crippen LogP contribution in [0.2, 0.25) is 0 Å².